The fourth-order valence-corrected chi connectivity index (χ4v) is 2.51. The third-order valence-corrected chi connectivity index (χ3v) is 4.40. The summed E-state index contributed by atoms with van der Waals surface area (Å²) >= 11 is 9.00. The van der Waals surface area contributed by atoms with E-state index in [2.05, 4.69) is 36.8 Å². The van der Waals surface area contributed by atoms with Gasteiger partial charge in [0.05, 0.1) is 0 Å². The lowest BCUT2D eigenvalue weighted by Crippen LogP contribution is -2.52. The molecule has 0 saturated carbocycles. The summed E-state index contributed by atoms with van der Waals surface area (Å²) in [5.41, 5.74) is -1.85. The zero-order valence-corrected chi connectivity index (χ0v) is 16.0. The van der Waals surface area contributed by atoms with Crippen LogP contribution in [0, 0.1) is 16.2 Å². The minimum absolute atomic E-state index is 0.194. The van der Waals surface area contributed by atoms with Crippen molar-refractivity contribution < 1.29 is 9.84 Å². The van der Waals surface area contributed by atoms with Crippen LogP contribution in [0.5, 0.6) is 5.75 Å². The second-order valence-corrected chi connectivity index (χ2v) is 7.25. The van der Waals surface area contributed by atoms with E-state index >= 15 is 0 Å². The molecule has 0 aliphatic carbocycles. The molecule has 0 spiro atoms. The molecule has 0 aliphatic rings. The van der Waals surface area contributed by atoms with Crippen molar-refractivity contribution >= 4 is 27.5 Å². The molecule has 0 amide bonds. The van der Waals surface area contributed by atoms with E-state index in [0.29, 0.717) is 10.8 Å². The average molecular weight is 413 g/mol. The van der Waals surface area contributed by atoms with E-state index in [1.54, 1.807) is 24.3 Å². The van der Waals surface area contributed by atoms with Crippen LogP contribution in [-0.4, -0.2) is 25.5 Å². The molecule has 1 aromatic carbocycles. The Balaban J connectivity index is 2.46. The molecule has 0 bridgehead atoms. The number of hydrogen-bond acceptors (Lipinski definition) is 4. The smallest absolute Gasteiger partial charge is 0.222 e. The molecule has 128 valence electrons. The van der Waals surface area contributed by atoms with Crippen LogP contribution >= 0.6 is 27.5 Å². The summed E-state index contributed by atoms with van der Waals surface area (Å²) in [5.74, 6) is 3.45. The summed E-state index contributed by atoms with van der Waals surface area (Å²) in [6, 6.07) is 6.93. The SMILES string of the molecule is CC(C)(C)C(O)(CC#CBr)C(Oc1ccc(Cl)cc1)n1cncn1. The number of aromatic nitrogens is 3. The molecule has 0 fully saturated rings. The molecule has 2 aromatic rings. The molecule has 0 radical (unpaired) electrons. The first-order valence-corrected chi connectivity index (χ1v) is 8.52. The molecule has 0 saturated heterocycles. The van der Waals surface area contributed by atoms with Gasteiger partial charge in [0.1, 0.15) is 24.0 Å². The van der Waals surface area contributed by atoms with Crippen LogP contribution in [0.15, 0.2) is 36.9 Å². The number of rotatable bonds is 5. The van der Waals surface area contributed by atoms with Crippen molar-refractivity contribution in [2.45, 2.75) is 39.0 Å². The molecular formula is C17H19BrClN3O2. The van der Waals surface area contributed by atoms with Crippen LogP contribution < -0.4 is 4.74 Å². The predicted molar refractivity (Wildman–Crippen MR) is 96.9 cm³/mol. The van der Waals surface area contributed by atoms with Gasteiger partial charge >= 0.3 is 0 Å². The van der Waals surface area contributed by atoms with E-state index in [1.165, 1.54) is 17.3 Å². The first-order chi connectivity index (χ1) is 11.3. The van der Waals surface area contributed by atoms with E-state index in [4.69, 9.17) is 16.3 Å². The largest absolute Gasteiger partial charge is 0.465 e. The maximum absolute atomic E-state index is 11.5. The van der Waals surface area contributed by atoms with Crippen LogP contribution in [0.3, 0.4) is 0 Å². The minimum atomic E-state index is -1.32. The third-order valence-electron chi connectivity index (χ3n) is 3.87. The highest BCUT2D eigenvalue weighted by molar-refractivity contribution is 9.12. The van der Waals surface area contributed by atoms with E-state index in [-0.39, 0.29) is 6.42 Å². The zero-order chi connectivity index (χ0) is 17.8. The molecular weight excluding hydrogens is 394 g/mol. The average Bonchev–Trinajstić information content (AvgIpc) is 3.05. The number of halogens is 2. The maximum atomic E-state index is 11.5. The summed E-state index contributed by atoms with van der Waals surface area (Å²) in [6.07, 6.45) is 2.30. The van der Waals surface area contributed by atoms with Crippen LogP contribution in [-0.2, 0) is 0 Å². The Morgan fingerprint density at radius 1 is 1.33 bits per heavy atom. The van der Waals surface area contributed by atoms with Gasteiger partial charge in [0, 0.05) is 27.4 Å². The van der Waals surface area contributed by atoms with Crippen molar-refractivity contribution in [3.05, 3.63) is 41.9 Å². The monoisotopic (exact) mass is 411 g/mol. The van der Waals surface area contributed by atoms with Gasteiger partial charge in [-0.2, -0.15) is 5.10 Å². The van der Waals surface area contributed by atoms with Crippen LogP contribution in [0.1, 0.15) is 33.4 Å². The fraction of sp³-hybridized carbons (Fsp3) is 0.412. The highest BCUT2D eigenvalue weighted by atomic mass is 79.9. The van der Waals surface area contributed by atoms with Crippen molar-refractivity contribution in [1.82, 2.24) is 14.8 Å². The van der Waals surface area contributed by atoms with Crippen molar-refractivity contribution in [2.24, 2.45) is 5.41 Å². The fourth-order valence-electron chi connectivity index (χ4n) is 2.24. The van der Waals surface area contributed by atoms with E-state index < -0.39 is 17.2 Å². The number of nitrogens with zero attached hydrogens (tertiary/aromatic N) is 3. The van der Waals surface area contributed by atoms with Crippen LogP contribution in [0.25, 0.3) is 0 Å². The molecule has 2 unspecified atom stereocenters. The lowest BCUT2D eigenvalue weighted by Gasteiger charge is -2.44. The lowest BCUT2D eigenvalue weighted by atomic mass is 9.73. The minimum Gasteiger partial charge on any atom is -0.465 e. The highest BCUT2D eigenvalue weighted by Crippen LogP contribution is 2.42. The Hall–Kier alpha value is -1.55. The first-order valence-electron chi connectivity index (χ1n) is 7.35. The molecule has 7 heteroatoms. The third kappa shape index (κ3) is 4.10. The molecule has 2 atom stereocenters. The molecule has 1 heterocycles. The Labute approximate surface area is 155 Å². The quantitative estimate of drug-likeness (QED) is 0.753. The predicted octanol–water partition coefficient (Wildman–Crippen LogP) is 4.03. The Morgan fingerprint density at radius 3 is 2.50 bits per heavy atom. The Morgan fingerprint density at radius 2 is 2.00 bits per heavy atom. The normalized spacial score (nSPS) is 15.1. The molecule has 0 aliphatic heterocycles. The second kappa shape index (κ2) is 7.56. The van der Waals surface area contributed by atoms with Crippen molar-refractivity contribution in [1.29, 1.82) is 0 Å². The van der Waals surface area contributed by atoms with Gasteiger partial charge in [0.2, 0.25) is 6.23 Å². The lowest BCUT2D eigenvalue weighted by molar-refractivity contribution is -0.162. The molecule has 24 heavy (non-hydrogen) atoms. The maximum Gasteiger partial charge on any atom is 0.222 e. The Bertz CT molecular complexity index is 717. The molecule has 1 N–H and O–H groups in total. The summed E-state index contributed by atoms with van der Waals surface area (Å²) in [6.45, 7) is 5.79. The van der Waals surface area contributed by atoms with Crippen molar-refractivity contribution in [2.75, 3.05) is 0 Å². The molecule has 5 nitrogen and oxygen atoms in total. The van der Waals surface area contributed by atoms with Gasteiger partial charge in [0.15, 0.2) is 0 Å². The second-order valence-electron chi connectivity index (χ2n) is 6.42. The van der Waals surface area contributed by atoms with Gasteiger partial charge in [-0.25, -0.2) is 9.67 Å². The number of ether oxygens (including phenoxy) is 1. The summed E-state index contributed by atoms with van der Waals surface area (Å²) in [7, 11) is 0. The van der Waals surface area contributed by atoms with Gasteiger partial charge in [-0.1, -0.05) is 38.3 Å². The van der Waals surface area contributed by atoms with Gasteiger partial charge < -0.3 is 9.84 Å². The van der Waals surface area contributed by atoms with Gasteiger partial charge in [-0.15, -0.1) is 0 Å². The summed E-state index contributed by atoms with van der Waals surface area (Å²) < 4.78 is 7.57. The molecule has 2 rings (SSSR count). The number of aliphatic hydroxyl groups is 1. The van der Waals surface area contributed by atoms with Gasteiger partial charge in [-0.3, -0.25) is 0 Å². The van der Waals surface area contributed by atoms with Crippen LogP contribution in [0.4, 0.5) is 0 Å². The standard InChI is InChI=1S/C17H19BrClN3O2/c1-16(2,3)17(23,9-4-10-18)15(22-12-20-11-21-22)24-14-7-5-13(19)6-8-14/h5-8,11-12,15,23H,9H2,1-3H3. The first kappa shape index (κ1) is 18.8. The van der Waals surface area contributed by atoms with Crippen molar-refractivity contribution in [3.63, 3.8) is 0 Å². The van der Waals surface area contributed by atoms with E-state index in [1.807, 2.05) is 20.8 Å². The molecule has 1 aromatic heterocycles. The van der Waals surface area contributed by atoms with Crippen LogP contribution in [0.2, 0.25) is 5.02 Å². The number of hydrogen-bond donors (Lipinski definition) is 1. The topological polar surface area (TPSA) is 60.2 Å². The Kier molecular flexibility index (Phi) is 5.92. The van der Waals surface area contributed by atoms with E-state index in [0.717, 1.165) is 0 Å². The van der Waals surface area contributed by atoms with Gasteiger partial charge in [0.25, 0.3) is 0 Å². The highest BCUT2D eigenvalue weighted by Gasteiger charge is 2.49. The summed E-state index contributed by atoms with van der Waals surface area (Å²) in [4.78, 5) is 6.62. The zero-order valence-electron chi connectivity index (χ0n) is 13.7. The van der Waals surface area contributed by atoms with Crippen molar-refractivity contribution in [3.8, 4) is 16.5 Å². The van der Waals surface area contributed by atoms with Gasteiger partial charge in [-0.05, 0) is 34.5 Å². The van der Waals surface area contributed by atoms with E-state index in [9.17, 15) is 5.11 Å². The number of benzene rings is 1. The summed E-state index contributed by atoms with van der Waals surface area (Å²) in [5, 5.41) is 16.2.